The third kappa shape index (κ3) is 3.97. The van der Waals surface area contributed by atoms with Crippen molar-refractivity contribution in [3.05, 3.63) is 0 Å². The highest BCUT2D eigenvalue weighted by atomic mass is 32.2. The van der Waals surface area contributed by atoms with Gasteiger partial charge < -0.3 is 5.32 Å². The lowest BCUT2D eigenvalue weighted by atomic mass is 9.84. The second-order valence-corrected chi connectivity index (χ2v) is 6.66. The van der Waals surface area contributed by atoms with Gasteiger partial charge in [0.15, 0.2) is 0 Å². The van der Waals surface area contributed by atoms with Crippen LogP contribution in [0.1, 0.15) is 27.7 Å². The quantitative estimate of drug-likeness (QED) is 0.799. The van der Waals surface area contributed by atoms with Gasteiger partial charge in [-0.3, -0.25) is 4.90 Å². The largest absolute Gasteiger partial charge is 0.311 e. The van der Waals surface area contributed by atoms with Crippen molar-refractivity contribution in [2.75, 3.05) is 31.6 Å². The lowest BCUT2D eigenvalue weighted by molar-refractivity contribution is 0.0649. The number of rotatable bonds is 3. The number of hydrogen-bond acceptors (Lipinski definition) is 3. The molecule has 2 atom stereocenters. The SMILES string of the molecule is CSCCN1CC(C)NCC1C(C)(C)C. The van der Waals surface area contributed by atoms with Crippen molar-refractivity contribution in [3.8, 4) is 0 Å². The van der Waals surface area contributed by atoms with Crippen LogP contribution in [0.3, 0.4) is 0 Å². The zero-order valence-electron chi connectivity index (χ0n) is 10.8. The fraction of sp³-hybridized carbons (Fsp3) is 1.00. The van der Waals surface area contributed by atoms with Gasteiger partial charge in [-0.15, -0.1) is 0 Å². The molecular weight excluding hydrogens is 204 g/mol. The Morgan fingerprint density at radius 2 is 2.07 bits per heavy atom. The van der Waals surface area contributed by atoms with Crippen LogP contribution in [-0.2, 0) is 0 Å². The van der Waals surface area contributed by atoms with Gasteiger partial charge in [0.25, 0.3) is 0 Å². The molecule has 1 N–H and O–H groups in total. The summed E-state index contributed by atoms with van der Waals surface area (Å²) >= 11 is 1.95. The minimum Gasteiger partial charge on any atom is -0.311 e. The molecule has 1 fully saturated rings. The number of piperazine rings is 1. The molecule has 0 saturated carbocycles. The molecule has 0 aromatic heterocycles. The molecule has 15 heavy (non-hydrogen) atoms. The van der Waals surface area contributed by atoms with E-state index in [4.69, 9.17) is 0 Å². The average molecular weight is 230 g/mol. The van der Waals surface area contributed by atoms with E-state index in [2.05, 4.69) is 44.2 Å². The molecule has 1 aliphatic rings. The zero-order valence-corrected chi connectivity index (χ0v) is 11.7. The highest BCUT2D eigenvalue weighted by Gasteiger charge is 2.33. The van der Waals surface area contributed by atoms with Crippen molar-refractivity contribution < 1.29 is 0 Å². The molecule has 2 nitrogen and oxygen atoms in total. The van der Waals surface area contributed by atoms with Gasteiger partial charge in [-0.05, 0) is 18.6 Å². The maximum Gasteiger partial charge on any atom is 0.0270 e. The Morgan fingerprint density at radius 1 is 1.40 bits per heavy atom. The predicted molar refractivity (Wildman–Crippen MR) is 70.7 cm³/mol. The van der Waals surface area contributed by atoms with Crippen molar-refractivity contribution in [2.45, 2.75) is 39.8 Å². The van der Waals surface area contributed by atoms with Crippen molar-refractivity contribution in [1.29, 1.82) is 0 Å². The van der Waals surface area contributed by atoms with Crippen LogP contribution in [0.4, 0.5) is 0 Å². The second kappa shape index (κ2) is 5.55. The lowest BCUT2D eigenvalue weighted by Crippen LogP contribution is -2.60. The fourth-order valence-electron chi connectivity index (χ4n) is 2.30. The average Bonchev–Trinajstić information content (AvgIpc) is 2.12. The van der Waals surface area contributed by atoms with Crippen LogP contribution >= 0.6 is 11.8 Å². The van der Waals surface area contributed by atoms with Crippen LogP contribution in [0.25, 0.3) is 0 Å². The summed E-state index contributed by atoms with van der Waals surface area (Å²) in [4.78, 5) is 2.66. The van der Waals surface area contributed by atoms with Crippen molar-refractivity contribution in [1.82, 2.24) is 10.2 Å². The Balaban J connectivity index is 2.58. The smallest absolute Gasteiger partial charge is 0.0270 e. The molecule has 0 aromatic carbocycles. The van der Waals surface area contributed by atoms with E-state index in [1.165, 1.54) is 18.8 Å². The molecule has 0 amide bonds. The van der Waals surface area contributed by atoms with Gasteiger partial charge in [0, 0.05) is 37.5 Å². The molecule has 90 valence electrons. The first-order valence-corrected chi connectivity index (χ1v) is 7.31. The summed E-state index contributed by atoms with van der Waals surface area (Å²) in [6.07, 6.45) is 2.19. The van der Waals surface area contributed by atoms with E-state index in [0.29, 0.717) is 17.5 Å². The number of thioether (sulfide) groups is 1. The van der Waals surface area contributed by atoms with E-state index in [0.717, 1.165) is 6.54 Å². The van der Waals surface area contributed by atoms with E-state index in [-0.39, 0.29) is 0 Å². The molecule has 2 unspecified atom stereocenters. The van der Waals surface area contributed by atoms with Crippen molar-refractivity contribution in [2.24, 2.45) is 5.41 Å². The predicted octanol–water partition coefficient (Wildman–Crippen LogP) is 2.06. The molecule has 1 rings (SSSR count). The van der Waals surface area contributed by atoms with Crippen molar-refractivity contribution in [3.63, 3.8) is 0 Å². The first-order valence-electron chi connectivity index (χ1n) is 5.91. The van der Waals surface area contributed by atoms with Crippen LogP contribution < -0.4 is 5.32 Å². The normalized spacial score (nSPS) is 29.4. The number of hydrogen-bond donors (Lipinski definition) is 1. The zero-order chi connectivity index (χ0) is 11.5. The molecule has 1 saturated heterocycles. The minimum absolute atomic E-state index is 0.381. The van der Waals surface area contributed by atoms with Gasteiger partial charge in [-0.1, -0.05) is 20.8 Å². The van der Waals surface area contributed by atoms with Crippen molar-refractivity contribution >= 4 is 11.8 Å². The molecule has 1 heterocycles. The molecular formula is C12H26N2S. The van der Waals surface area contributed by atoms with Gasteiger partial charge in [-0.2, -0.15) is 11.8 Å². The van der Waals surface area contributed by atoms with E-state index in [1.807, 2.05) is 11.8 Å². The van der Waals surface area contributed by atoms with Gasteiger partial charge in [0.1, 0.15) is 0 Å². The van der Waals surface area contributed by atoms with E-state index >= 15 is 0 Å². The third-order valence-electron chi connectivity index (χ3n) is 3.19. The van der Waals surface area contributed by atoms with Crippen LogP contribution in [0.2, 0.25) is 0 Å². The summed E-state index contributed by atoms with van der Waals surface area (Å²) in [5.41, 5.74) is 0.381. The van der Waals surface area contributed by atoms with Crippen LogP contribution in [0, 0.1) is 5.41 Å². The summed E-state index contributed by atoms with van der Waals surface area (Å²) in [7, 11) is 0. The molecule has 0 spiro atoms. The summed E-state index contributed by atoms with van der Waals surface area (Å²) in [5, 5.41) is 3.60. The second-order valence-electron chi connectivity index (χ2n) is 5.68. The Labute approximate surface area is 99.2 Å². The van der Waals surface area contributed by atoms with Crippen LogP contribution in [-0.4, -0.2) is 48.6 Å². The maximum atomic E-state index is 3.60. The molecule has 0 radical (unpaired) electrons. The molecule has 1 aliphatic heterocycles. The van der Waals surface area contributed by atoms with Gasteiger partial charge >= 0.3 is 0 Å². The Hall–Kier alpha value is 0.270. The minimum atomic E-state index is 0.381. The standard InChI is InChI=1S/C12H26N2S/c1-10-9-14(6-7-15-5)11(8-13-10)12(2,3)4/h10-11,13H,6-9H2,1-5H3. The summed E-state index contributed by atoms with van der Waals surface area (Å²) in [5.74, 6) is 1.25. The maximum absolute atomic E-state index is 3.60. The molecule has 0 bridgehead atoms. The fourth-order valence-corrected chi connectivity index (χ4v) is 2.71. The monoisotopic (exact) mass is 230 g/mol. The Morgan fingerprint density at radius 3 is 2.60 bits per heavy atom. The van der Waals surface area contributed by atoms with Gasteiger partial charge in [-0.25, -0.2) is 0 Å². The highest BCUT2D eigenvalue weighted by Crippen LogP contribution is 2.26. The van der Waals surface area contributed by atoms with Gasteiger partial charge in [0.05, 0.1) is 0 Å². The Kier molecular flexibility index (Phi) is 4.94. The summed E-state index contributed by atoms with van der Waals surface area (Å²) < 4.78 is 0. The third-order valence-corrected chi connectivity index (χ3v) is 3.78. The topological polar surface area (TPSA) is 15.3 Å². The van der Waals surface area contributed by atoms with E-state index < -0.39 is 0 Å². The first kappa shape index (κ1) is 13.3. The van der Waals surface area contributed by atoms with E-state index in [9.17, 15) is 0 Å². The van der Waals surface area contributed by atoms with E-state index in [1.54, 1.807) is 0 Å². The van der Waals surface area contributed by atoms with Gasteiger partial charge in [0.2, 0.25) is 0 Å². The first-order chi connectivity index (χ1) is 6.95. The van der Waals surface area contributed by atoms with Crippen LogP contribution in [0.15, 0.2) is 0 Å². The Bertz CT molecular complexity index is 189. The summed E-state index contributed by atoms with van der Waals surface area (Å²) in [6, 6.07) is 1.33. The molecule has 3 heteroatoms. The lowest BCUT2D eigenvalue weighted by Gasteiger charge is -2.45. The molecule has 0 aliphatic carbocycles. The molecule has 0 aromatic rings. The number of nitrogens with zero attached hydrogens (tertiary/aromatic N) is 1. The summed E-state index contributed by atoms with van der Waals surface area (Å²) in [6.45, 7) is 12.9. The van der Waals surface area contributed by atoms with Crippen LogP contribution in [0.5, 0.6) is 0 Å². The number of nitrogens with one attached hydrogen (secondary N) is 1. The highest BCUT2D eigenvalue weighted by molar-refractivity contribution is 7.98.